The molecule has 0 aliphatic carbocycles. The molecule has 2 rings (SSSR count). The number of nitrogens with one attached hydrogen (secondary N) is 3. The Labute approximate surface area is 274 Å². The maximum absolute atomic E-state index is 14.1. The highest BCUT2D eigenvalue weighted by Crippen LogP contribution is 2.29. The van der Waals surface area contributed by atoms with E-state index in [2.05, 4.69) is 21.4 Å². The van der Waals surface area contributed by atoms with Gasteiger partial charge in [-0.3, -0.25) is 14.4 Å². The van der Waals surface area contributed by atoms with Crippen LogP contribution in [0.3, 0.4) is 0 Å². The summed E-state index contributed by atoms with van der Waals surface area (Å²) < 4.78 is 27.5. The summed E-state index contributed by atoms with van der Waals surface area (Å²) in [4.78, 5) is 42.4. The van der Waals surface area contributed by atoms with Crippen molar-refractivity contribution < 1.29 is 22.8 Å². The molecule has 0 saturated heterocycles. The number of hydrogen-bond acceptors (Lipinski definition) is 7. The fourth-order valence-corrected chi connectivity index (χ4v) is 6.47. The summed E-state index contributed by atoms with van der Waals surface area (Å²) in [7, 11) is -0.656. The van der Waals surface area contributed by atoms with Crippen LogP contribution in [-0.2, 0) is 35.6 Å². The third kappa shape index (κ3) is 9.99. The summed E-state index contributed by atoms with van der Waals surface area (Å²) in [5.74, 6) is -1.98. The van der Waals surface area contributed by atoms with Crippen molar-refractivity contribution in [1.82, 2.24) is 20.3 Å². The van der Waals surface area contributed by atoms with Gasteiger partial charge in [0.15, 0.2) is 0 Å². The summed E-state index contributed by atoms with van der Waals surface area (Å²) >= 11 is 0. The zero-order valence-corrected chi connectivity index (χ0v) is 29.5. The van der Waals surface area contributed by atoms with Gasteiger partial charge < -0.3 is 15.5 Å². The third-order valence-electron chi connectivity index (χ3n) is 8.13. The minimum atomic E-state index is -3.95. The Balaban J connectivity index is 2.31. The third-order valence-corrected chi connectivity index (χ3v) is 9.34. The van der Waals surface area contributed by atoms with Crippen LogP contribution in [0.1, 0.15) is 72.1 Å². The van der Waals surface area contributed by atoms with Crippen LogP contribution in [0.25, 0.3) is 0 Å². The molecule has 3 atom stereocenters. The lowest BCUT2D eigenvalue weighted by atomic mass is 9.76. The maximum Gasteiger partial charge on any atom is 0.260 e. The first-order valence-electron chi connectivity index (χ1n) is 15.3. The second kappa shape index (κ2) is 15.5. The average Bonchev–Trinajstić information content (AvgIpc) is 2.97. The second-order valence-corrected chi connectivity index (χ2v) is 15.4. The SMILES string of the molecule is CN[C@H](C(=O)N[C@H](C(=O)N(C)[C@H](/C=C(\C)C(=O)NS(=O)(=O)Cc1ccccc1)C(C)C)C(C)(C)C)C(C)(C)c1ccc(C#N)cc1. The van der Waals surface area contributed by atoms with Crippen LogP contribution in [0.15, 0.2) is 66.2 Å². The van der Waals surface area contributed by atoms with Gasteiger partial charge in [-0.2, -0.15) is 5.26 Å². The molecule has 0 spiro atoms. The van der Waals surface area contributed by atoms with Crippen molar-refractivity contribution in [3.8, 4) is 6.07 Å². The van der Waals surface area contributed by atoms with E-state index in [0.29, 0.717) is 11.1 Å². The van der Waals surface area contributed by atoms with Crippen LogP contribution in [-0.4, -0.2) is 63.3 Å². The molecule has 0 radical (unpaired) electrons. The van der Waals surface area contributed by atoms with Gasteiger partial charge in [0.2, 0.25) is 21.8 Å². The Morgan fingerprint density at radius 1 is 0.957 bits per heavy atom. The standard InChI is InChI=1S/C35H49N5O5S/c1-23(2)28(20-24(3)31(41)39-46(44,45)22-26-14-12-11-13-15-26)40(10)33(43)30(34(4,5)6)38-32(42)29(37-9)35(7,8)27-18-16-25(21-36)17-19-27/h11-20,23,28-30,37H,22H2,1-10H3,(H,38,42)(H,39,41)/b24-20+/t28-,29-,30-/m1/s1. The van der Waals surface area contributed by atoms with E-state index in [4.69, 9.17) is 0 Å². The molecular formula is C35H49N5O5S. The van der Waals surface area contributed by atoms with Gasteiger partial charge in [0.25, 0.3) is 5.91 Å². The summed E-state index contributed by atoms with van der Waals surface area (Å²) in [5, 5.41) is 15.3. The van der Waals surface area contributed by atoms with Crippen molar-refractivity contribution in [2.45, 2.75) is 84.7 Å². The summed E-state index contributed by atoms with van der Waals surface area (Å²) in [6.45, 7) is 14.7. The number of benzene rings is 2. The highest BCUT2D eigenvalue weighted by molar-refractivity contribution is 7.89. The number of sulfonamides is 1. The van der Waals surface area contributed by atoms with Gasteiger partial charge in [-0.1, -0.05) is 97.0 Å². The molecule has 3 N–H and O–H groups in total. The van der Waals surface area contributed by atoms with E-state index in [1.54, 1.807) is 62.6 Å². The van der Waals surface area contributed by atoms with Crippen molar-refractivity contribution in [3.63, 3.8) is 0 Å². The minimum absolute atomic E-state index is 0.144. The smallest absolute Gasteiger partial charge is 0.260 e. The molecular weight excluding hydrogens is 602 g/mol. The van der Waals surface area contributed by atoms with Crippen LogP contribution in [0, 0.1) is 22.7 Å². The fraction of sp³-hybridized carbons (Fsp3) is 0.486. The van der Waals surface area contributed by atoms with E-state index in [1.165, 1.54) is 11.8 Å². The van der Waals surface area contributed by atoms with E-state index in [1.807, 2.05) is 60.6 Å². The molecule has 0 aromatic heterocycles. The number of rotatable bonds is 13. The summed E-state index contributed by atoms with van der Waals surface area (Å²) in [6.07, 6.45) is 1.59. The molecule has 2 aromatic carbocycles. The molecule has 11 heteroatoms. The largest absolute Gasteiger partial charge is 0.342 e. The maximum atomic E-state index is 14.1. The van der Waals surface area contributed by atoms with Crippen molar-refractivity contribution >= 4 is 27.7 Å². The molecule has 3 amide bonds. The predicted molar refractivity (Wildman–Crippen MR) is 181 cm³/mol. The van der Waals surface area contributed by atoms with E-state index < -0.39 is 44.9 Å². The number of nitriles is 1. The summed E-state index contributed by atoms with van der Waals surface area (Å²) in [6, 6.07) is 15.5. The van der Waals surface area contributed by atoms with Crippen molar-refractivity contribution in [2.75, 3.05) is 14.1 Å². The summed E-state index contributed by atoms with van der Waals surface area (Å²) in [5.41, 5.74) is 0.680. The van der Waals surface area contributed by atoms with Crippen molar-refractivity contribution in [2.24, 2.45) is 11.3 Å². The zero-order valence-electron chi connectivity index (χ0n) is 28.6. The molecule has 250 valence electrons. The Hall–Kier alpha value is -4.01. The highest BCUT2D eigenvalue weighted by Gasteiger charge is 2.41. The van der Waals surface area contributed by atoms with E-state index in [9.17, 15) is 28.1 Å². The number of carbonyl (C=O) groups excluding carboxylic acids is 3. The fourth-order valence-electron chi connectivity index (χ4n) is 5.32. The second-order valence-electron chi connectivity index (χ2n) is 13.6. The first-order chi connectivity index (χ1) is 21.2. The number of likely N-dealkylation sites (N-methyl/N-ethyl adjacent to an activating group) is 2. The lowest BCUT2D eigenvalue weighted by molar-refractivity contribution is -0.140. The monoisotopic (exact) mass is 651 g/mol. The van der Waals surface area contributed by atoms with Crippen molar-refractivity contribution in [3.05, 3.63) is 82.9 Å². The Morgan fingerprint density at radius 3 is 2.00 bits per heavy atom. The minimum Gasteiger partial charge on any atom is -0.342 e. The molecule has 0 unspecified atom stereocenters. The van der Waals surface area contributed by atoms with Crippen molar-refractivity contribution in [1.29, 1.82) is 5.26 Å². The van der Waals surface area contributed by atoms with E-state index in [0.717, 1.165) is 5.56 Å². The average molecular weight is 652 g/mol. The molecule has 2 aromatic rings. The Bertz CT molecular complexity index is 1550. The number of nitrogens with zero attached hydrogens (tertiary/aromatic N) is 2. The van der Waals surface area contributed by atoms with Gasteiger partial charge in [0, 0.05) is 18.0 Å². The lowest BCUT2D eigenvalue weighted by Gasteiger charge is -2.40. The first kappa shape index (κ1) is 38.2. The quantitative estimate of drug-likeness (QED) is 0.277. The zero-order chi connectivity index (χ0) is 35.0. The topological polar surface area (TPSA) is 148 Å². The van der Waals surface area contributed by atoms with Crippen LogP contribution in [0.2, 0.25) is 0 Å². The normalized spacial score (nSPS) is 14.5. The van der Waals surface area contributed by atoms with Gasteiger partial charge >= 0.3 is 0 Å². The predicted octanol–water partition coefficient (Wildman–Crippen LogP) is 4.03. The van der Waals surface area contributed by atoms with E-state index >= 15 is 0 Å². The molecule has 0 aliphatic rings. The van der Waals surface area contributed by atoms with Gasteiger partial charge in [0.1, 0.15) is 6.04 Å². The molecule has 0 heterocycles. The van der Waals surface area contributed by atoms with Crippen LogP contribution < -0.4 is 15.4 Å². The molecule has 0 aliphatic heterocycles. The molecule has 0 bridgehead atoms. The van der Waals surface area contributed by atoms with Gasteiger partial charge in [-0.05, 0) is 48.6 Å². The Kier molecular flexibility index (Phi) is 12.9. The van der Waals surface area contributed by atoms with Gasteiger partial charge in [-0.25, -0.2) is 13.1 Å². The number of hydrogen-bond donors (Lipinski definition) is 3. The molecule has 46 heavy (non-hydrogen) atoms. The molecule has 0 fully saturated rings. The number of amides is 3. The Morgan fingerprint density at radius 2 is 1.52 bits per heavy atom. The molecule has 10 nitrogen and oxygen atoms in total. The highest BCUT2D eigenvalue weighted by atomic mass is 32.2. The van der Waals surface area contributed by atoms with Gasteiger partial charge in [0.05, 0.1) is 29.5 Å². The number of carbonyl (C=O) groups is 3. The van der Waals surface area contributed by atoms with Crippen LogP contribution in [0.4, 0.5) is 0 Å². The van der Waals surface area contributed by atoms with Crippen LogP contribution in [0.5, 0.6) is 0 Å². The molecule has 0 saturated carbocycles. The lowest BCUT2D eigenvalue weighted by Crippen LogP contribution is -2.61. The first-order valence-corrected chi connectivity index (χ1v) is 16.9. The van der Waals surface area contributed by atoms with E-state index in [-0.39, 0.29) is 29.1 Å². The van der Waals surface area contributed by atoms with Crippen LogP contribution >= 0.6 is 0 Å². The van der Waals surface area contributed by atoms with Gasteiger partial charge in [-0.15, -0.1) is 0 Å².